The maximum atomic E-state index is 10.6. The first-order valence-corrected chi connectivity index (χ1v) is 4.65. The first-order valence-electron chi connectivity index (χ1n) is 3.58. The third-order valence-electron chi connectivity index (χ3n) is 1.69. The van der Waals surface area contributed by atoms with Gasteiger partial charge in [0.2, 0.25) is 10.3 Å². The van der Waals surface area contributed by atoms with Crippen LogP contribution in [-0.2, 0) is 15.1 Å². The van der Waals surface area contributed by atoms with Crippen LogP contribution in [0.25, 0.3) is 0 Å². The van der Waals surface area contributed by atoms with E-state index in [1.165, 1.54) is 12.2 Å². The van der Waals surface area contributed by atoms with Crippen molar-refractivity contribution in [3.8, 4) is 0 Å². The summed E-state index contributed by atoms with van der Waals surface area (Å²) in [5.74, 6) is -2.19. The van der Waals surface area contributed by atoms with E-state index in [1.807, 2.05) is 0 Å². The van der Waals surface area contributed by atoms with E-state index >= 15 is 0 Å². The zero-order chi connectivity index (χ0) is 10.0. The molecule has 4 nitrogen and oxygen atoms in total. The highest BCUT2D eigenvalue weighted by Crippen LogP contribution is 2.13. The second-order valence-corrected chi connectivity index (χ2v) is 3.64. The van der Waals surface area contributed by atoms with Gasteiger partial charge in [0.05, 0.1) is 4.86 Å². The summed E-state index contributed by atoms with van der Waals surface area (Å²) in [6, 6.07) is 0. The lowest BCUT2D eigenvalue weighted by Crippen LogP contribution is -2.23. The molecule has 0 aromatic heterocycles. The number of carboxylic acid groups (broad SMARTS) is 1. The summed E-state index contributed by atoms with van der Waals surface area (Å²) in [7, 11) is -2.47. The number of rotatable bonds is 1. The summed E-state index contributed by atoms with van der Waals surface area (Å²) < 4.78 is 21.3. The van der Waals surface area contributed by atoms with E-state index in [1.54, 1.807) is 13.0 Å². The summed E-state index contributed by atoms with van der Waals surface area (Å²) in [6.45, 7) is 1.71. The number of hydrogen-bond acceptors (Lipinski definition) is 3. The van der Waals surface area contributed by atoms with Crippen LogP contribution in [0.1, 0.15) is 6.92 Å². The molecule has 0 aliphatic heterocycles. The minimum atomic E-state index is -2.47. The first-order chi connectivity index (χ1) is 6.02. The number of aliphatic carboxylic acids is 1. The van der Waals surface area contributed by atoms with Gasteiger partial charge < -0.3 is 5.11 Å². The first kappa shape index (κ1) is 9.73. The average molecular weight is 200 g/mol. The van der Waals surface area contributed by atoms with Crippen molar-refractivity contribution >= 4 is 21.1 Å². The second-order valence-electron chi connectivity index (χ2n) is 2.70. The van der Waals surface area contributed by atoms with E-state index < -0.39 is 22.2 Å². The maximum Gasteiger partial charge on any atom is 0.315 e. The van der Waals surface area contributed by atoms with Gasteiger partial charge in [0.15, 0.2) is 0 Å². The third kappa shape index (κ3) is 2.06. The van der Waals surface area contributed by atoms with Crippen molar-refractivity contribution in [3.63, 3.8) is 0 Å². The lowest BCUT2D eigenvalue weighted by atomic mass is 9.97. The molecule has 0 saturated carbocycles. The Hall–Kier alpha value is -1.36. The monoisotopic (exact) mass is 200 g/mol. The van der Waals surface area contributed by atoms with Gasteiger partial charge in [0.25, 0.3) is 0 Å². The molecule has 1 N–H and O–H groups in total. The number of carboxylic acids is 1. The molecule has 1 aliphatic rings. The van der Waals surface area contributed by atoms with Crippen molar-refractivity contribution < 1.29 is 18.3 Å². The Bertz CT molecular complexity index is 417. The van der Waals surface area contributed by atoms with Gasteiger partial charge in [-0.3, -0.25) is 4.79 Å². The summed E-state index contributed by atoms with van der Waals surface area (Å²) >= 11 is 0. The molecule has 0 fully saturated rings. The van der Waals surface area contributed by atoms with Crippen LogP contribution in [0.4, 0.5) is 0 Å². The fourth-order valence-corrected chi connectivity index (χ4v) is 1.73. The van der Waals surface area contributed by atoms with Gasteiger partial charge in [-0.25, -0.2) is 0 Å². The van der Waals surface area contributed by atoms with Crippen LogP contribution in [0.15, 0.2) is 23.8 Å². The summed E-state index contributed by atoms with van der Waals surface area (Å²) in [4.78, 5) is 10.5. The quantitative estimate of drug-likeness (QED) is 0.616. The summed E-state index contributed by atoms with van der Waals surface area (Å²) in [5.41, 5.74) is 0.733. The van der Waals surface area contributed by atoms with Crippen molar-refractivity contribution in [2.24, 2.45) is 5.92 Å². The third-order valence-corrected chi connectivity index (χ3v) is 2.44. The fourth-order valence-electron chi connectivity index (χ4n) is 1.06. The molecule has 0 heterocycles. The zero-order valence-corrected chi connectivity index (χ0v) is 7.71. The Morgan fingerprint density at radius 1 is 1.54 bits per heavy atom. The van der Waals surface area contributed by atoms with E-state index in [-0.39, 0.29) is 4.86 Å². The Kier molecular flexibility index (Phi) is 2.67. The van der Waals surface area contributed by atoms with Crippen molar-refractivity contribution in [2.75, 3.05) is 0 Å². The molecule has 0 amide bonds. The SMILES string of the molecule is CC1=CC(=S(=O)=O)C(C(=O)O)C=C1. The molecule has 1 aliphatic carbocycles. The van der Waals surface area contributed by atoms with Gasteiger partial charge >= 0.3 is 5.97 Å². The van der Waals surface area contributed by atoms with Gasteiger partial charge in [0, 0.05) is 0 Å². The van der Waals surface area contributed by atoms with Crippen LogP contribution in [0, 0.1) is 5.92 Å². The highest BCUT2D eigenvalue weighted by atomic mass is 32.2. The maximum absolute atomic E-state index is 10.6. The van der Waals surface area contributed by atoms with Crippen molar-refractivity contribution in [3.05, 3.63) is 23.8 Å². The fraction of sp³-hybridized carbons (Fsp3) is 0.250. The molecule has 0 aromatic carbocycles. The normalized spacial score (nSPS) is 21.2. The smallest absolute Gasteiger partial charge is 0.315 e. The van der Waals surface area contributed by atoms with E-state index in [4.69, 9.17) is 5.11 Å². The van der Waals surface area contributed by atoms with E-state index in [9.17, 15) is 13.2 Å². The Morgan fingerprint density at radius 3 is 2.62 bits per heavy atom. The largest absolute Gasteiger partial charge is 0.481 e. The predicted octanol–water partition coefficient (Wildman–Crippen LogP) is 0.255. The summed E-state index contributed by atoms with van der Waals surface area (Å²) in [6.07, 6.45) is 4.32. The number of allylic oxidation sites excluding steroid dienone is 3. The highest BCUT2D eigenvalue weighted by Gasteiger charge is 2.22. The molecule has 0 spiro atoms. The standard InChI is InChI=1S/C8H8O4S/c1-5-2-3-6(8(9)10)7(4-5)13(11)12/h2-4,6H,1H3,(H,9,10). The van der Waals surface area contributed by atoms with E-state index in [0.29, 0.717) is 0 Å². The summed E-state index contributed by atoms with van der Waals surface area (Å²) in [5, 5.41) is 8.67. The minimum Gasteiger partial charge on any atom is -0.481 e. The molecule has 0 saturated heterocycles. The van der Waals surface area contributed by atoms with Crippen LogP contribution >= 0.6 is 0 Å². The predicted molar refractivity (Wildman–Crippen MR) is 47.9 cm³/mol. The topological polar surface area (TPSA) is 71.4 Å². The van der Waals surface area contributed by atoms with Crippen LogP contribution in [0.5, 0.6) is 0 Å². The van der Waals surface area contributed by atoms with Crippen molar-refractivity contribution in [1.82, 2.24) is 0 Å². The Labute approximate surface area is 76.7 Å². The van der Waals surface area contributed by atoms with E-state index in [0.717, 1.165) is 5.57 Å². The molecule has 1 atom stereocenters. The lowest BCUT2D eigenvalue weighted by Gasteiger charge is -2.09. The lowest BCUT2D eigenvalue weighted by molar-refractivity contribution is -0.137. The molecule has 70 valence electrons. The second kappa shape index (κ2) is 3.57. The molecule has 1 rings (SSSR count). The van der Waals surface area contributed by atoms with Gasteiger partial charge in [-0.15, -0.1) is 0 Å². The van der Waals surface area contributed by atoms with Gasteiger partial charge in [-0.1, -0.05) is 17.7 Å². The number of carbonyl (C=O) groups is 1. The van der Waals surface area contributed by atoms with Crippen LogP contribution in [-0.4, -0.2) is 24.4 Å². The highest BCUT2D eigenvalue weighted by molar-refractivity contribution is 7.73. The van der Waals surface area contributed by atoms with Gasteiger partial charge in [0.1, 0.15) is 5.92 Å². The average Bonchev–Trinajstić information content (AvgIpc) is 2.03. The molecular weight excluding hydrogens is 192 g/mol. The van der Waals surface area contributed by atoms with Gasteiger partial charge in [-0.05, 0) is 13.0 Å². The van der Waals surface area contributed by atoms with Crippen LogP contribution < -0.4 is 0 Å². The minimum absolute atomic E-state index is 0.0903. The zero-order valence-electron chi connectivity index (χ0n) is 6.89. The van der Waals surface area contributed by atoms with Crippen molar-refractivity contribution in [1.29, 1.82) is 0 Å². The molecule has 1 unspecified atom stereocenters. The van der Waals surface area contributed by atoms with Crippen LogP contribution in [0.2, 0.25) is 0 Å². The Balaban J connectivity index is 3.26. The molecule has 0 aromatic rings. The molecule has 0 bridgehead atoms. The molecule has 0 radical (unpaired) electrons. The molecule has 13 heavy (non-hydrogen) atoms. The number of hydrogen-bond donors (Lipinski definition) is 1. The van der Waals surface area contributed by atoms with E-state index in [2.05, 4.69) is 0 Å². The van der Waals surface area contributed by atoms with Crippen LogP contribution in [0.3, 0.4) is 0 Å². The Morgan fingerprint density at radius 2 is 2.15 bits per heavy atom. The van der Waals surface area contributed by atoms with Gasteiger partial charge in [-0.2, -0.15) is 8.42 Å². The molecule has 5 heteroatoms. The molecular formula is C8H8O4S. The van der Waals surface area contributed by atoms with Crippen molar-refractivity contribution in [2.45, 2.75) is 6.92 Å².